The van der Waals surface area contributed by atoms with Crippen LogP contribution >= 0.6 is 0 Å². The van der Waals surface area contributed by atoms with Crippen LogP contribution in [0.5, 0.6) is 0 Å². The lowest BCUT2D eigenvalue weighted by Gasteiger charge is -2.30. The molecule has 4 heteroatoms. The quantitative estimate of drug-likeness (QED) is 0.878. The van der Waals surface area contributed by atoms with Crippen LogP contribution in [0.25, 0.3) is 0 Å². The highest BCUT2D eigenvalue weighted by Gasteiger charge is 2.33. The van der Waals surface area contributed by atoms with Crippen LogP contribution in [-0.2, 0) is 5.54 Å². The monoisotopic (exact) mass is 297 g/mol. The highest BCUT2D eigenvalue weighted by molar-refractivity contribution is 5.52. The maximum Gasteiger partial charge on any atom is 0.152 e. The Kier molecular flexibility index (Phi) is 4.77. The van der Waals surface area contributed by atoms with Crippen molar-refractivity contribution in [1.82, 2.24) is 4.98 Å². The molecule has 0 radical (unpaired) electrons. The Balaban J connectivity index is 2.49. The molecule has 3 nitrogen and oxygen atoms in total. The zero-order chi connectivity index (χ0) is 16.2. The van der Waals surface area contributed by atoms with E-state index >= 15 is 0 Å². The lowest BCUT2D eigenvalue weighted by atomic mass is 9.83. The van der Waals surface area contributed by atoms with Crippen LogP contribution in [0.15, 0.2) is 42.7 Å². The zero-order valence-electron chi connectivity index (χ0n) is 13.1. The fourth-order valence-electron chi connectivity index (χ4n) is 2.56. The molecule has 1 heterocycles. The topological polar surface area (TPSA) is 48.7 Å². The number of nitrogens with zero attached hydrogens (tertiary/aromatic N) is 2. The van der Waals surface area contributed by atoms with Crippen molar-refractivity contribution in [3.63, 3.8) is 0 Å². The molecular formula is C18H20FN3. The molecule has 0 saturated heterocycles. The largest absolute Gasteiger partial charge is 0.364 e. The van der Waals surface area contributed by atoms with Crippen molar-refractivity contribution in [1.29, 1.82) is 5.26 Å². The second kappa shape index (κ2) is 6.57. The Morgan fingerprint density at radius 3 is 2.50 bits per heavy atom. The Bertz CT molecular complexity index is 673. The average Bonchev–Trinajstić information content (AvgIpc) is 2.54. The van der Waals surface area contributed by atoms with Crippen molar-refractivity contribution in [2.24, 2.45) is 0 Å². The predicted octanol–water partition coefficient (Wildman–Crippen LogP) is 4.59. The van der Waals surface area contributed by atoms with Crippen LogP contribution in [0.4, 0.5) is 10.1 Å². The molecule has 0 bridgehead atoms. The van der Waals surface area contributed by atoms with E-state index in [0.29, 0.717) is 12.1 Å². The van der Waals surface area contributed by atoms with E-state index in [2.05, 4.69) is 30.2 Å². The Labute approximate surface area is 130 Å². The second-order valence-electron chi connectivity index (χ2n) is 5.62. The van der Waals surface area contributed by atoms with Crippen molar-refractivity contribution < 1.29 is 4.39 Å². The first-order chi connectivity index (χ1) is 10.5. The van der Waals surface area contributed by atoms with Gasteiger partial charge in [0.1, 0.15) is 5.82 Å². The number of halogens is 1. The van der Waals surface area contributed by atoms with Gasteiger partial charge in [-0.15, -0.1) is 0 Å². The molecule has 2 aromatic rings. The summed E-state index contributed by atoms with van der Waals surface area (Å²) in [6.45, 7) is 6.14. The van der Waals surface area contributed by atoms with Crippen LogP contribution in [0, 0.1) is 17.1 Å². The predicted molar refractivity (Wildman–Crippen MR) is 85.9 cm³/mol. The van der Waals surface area contributed by atoms with E-state index in [1.165, 1.54) is 12.1 Å². The van der Waals surface area contributed by atoms with Gasteiger partial charge in [0.2, 0.25) is 0 Å². The Hall–Kier alpha value is -2.41. The summed E-state index contributed by atoms with van der Waals surface area (Å²) >= 11 is 0. The molecule has 1 unspecified atom stereocenters. The molecule has 22 heavy (non-hydrogen) atoms. The van der Waals surface area contributed by atoms with Gasteiger partial charge in [-0.2, -0.15) is 5.26 Å². The number of rotatable bonds is 5. The minimum atomic E-state index is -0.883. The van der Waals surface area contributed by atoms with E-state index in [4.69, 9.17) is 0 Å². The third kappa shape index (κ3) is 3.09. The summed E-state index contributed by atoms with van der Waals surface area (Å²) in [5.41, 5.74) is 1.79. The zero-order valence-corrected chi connectivity index (χ0v) is 13.1. The van der Waals surface area contributed by atoms with Gasteiger partial charge in [0.15, 0.2) is 5.54 Å². The second-order valence-corrected chi connectivity index (χ2v) is 5.62. The molecule has 0 aliphatic carbocycles. The molecule has 1 N–H and O–H groups in total. The molecular weight excluding hydrogens is 277 g/mol. The first kappa shape index (κ1) is 16.0. The van der Waals surface area contributed by atoms with Gasteiger partial charge >= 0.3 is 0 Å². The van der Waals surface area contributed by atoms with Crippen LogP contribution in [0.1, 0.15) is 44.2 Å². The summed E-state index contributed by atoms with van der Waals surface area (Å²) in [4.78, 5) is 4.19. The summed E-state index contributed by atoms with van der Waals surface area (Å²) in [7, 11) is 0. The van der Waals surface area contributed by atoms with Gasteiger partial charge < -0.3 is 5.32 Å². The molecule has 1 aromatic carbocycles. The summed E-state index contributed by atoms with van der Waals surface area (Å²) in [5.74, 6) is -0.0128. The summed E-state index contributed by atoms with van der Waals surface area (Å²) < 4.78 is 13.1. The van der Waals surface area contributed by atoms with Gasteiger partial charge in [-0.3, -0.25) is 4.98 Å². The van der Waals surface area contributed by atoms with E-state index in [1.54, 1.807) is 24.5 Å². The molecule has 0 aliphatic heterocycles. The number of hydrogen-bond donors (Lipinski definition) is 1. The highest BCUT2D eigenvalue weighted by Crippen LogP contribution is 2.34. The van der Waals surface area contributed by atoms with Gasteiger partial charge in [0.25, 0.3) is 0 Å². The number of hydrogen-bond acceptors (Lipinski definition) is 3. The van der Waals surface area contributed by atoms with E-state index < -0.39 is 5.54 Å². The first-order valence-corrected chi connectivity index (χ1v) is 7.42. The fraction of sp³-hybridized carbons (Fsp3) is 0.333. The van der Waals surface area contributed by atoms with Crippen LogP contribution in [0.2, 0.25) is 0 Å². The van der Waals surface area contributed by atoms with Crippen molar-refractivity contribution >= 4 is 5.69 Å². The van der Waals surface area contributed by atoms with Gasteiger partial charge in [0.05, 0.1) is 6.07 Å². The van der Waals surface area contributed by atoms with Crippen molar-refractivity contribution in [3.8, 4) is 6.07 Å². The Morgan fingerprint density at radius 2 is 1.95 bits per heavy atom. The molecule has 0 saturated carbocycles. The SMILES string of the molecule is CCC(C#N)(Nc1ccc(F)cc1)c1cnccc1C(C)C. The highest BCUT2D eigenvalue weighted by atomic mass is 19.1. The molecule has 0 fully saturated rings. The minimum Gasteiger partial charge on any atom is -0.364 e. The normalized spacial score (nSPS) is 13.5. The lowest BCUT2D eigenvalue weighted by Crippen LogP contribution is -2.34. The van der Waals surface area contributed by atoms with Crippen LogP contribution < -0.4 is 5.32 Å². The maximum absolute atomic E-state index is 13.1. The molecule has 0 aliphatic rings. The standard InChI is InChI=1S/C18H20FN3/c1-4-18(12-20,22-15-7-5-14(19)6-8-15)17-11-21-10-9-16(17)13(2)3/h5-11,13,22H,4H2,1-3H3. The first-order valence-electron chi connectivity index (χ1n) is 7.42. The molecule has 114 valence electrons. The number of nitriles is 1. The van der Waals surface area contributed by atoms with E-state index in [1.807, 2.05) is 13.0 Å². The summed E-state index contributed by atoms with van der Waals surface area (Å²) in [6, 6.07) is 10.4. The van der Waals surface area contributed by atoms with Crippen molar-refractivity contribution in [3.05, 3.63) is 59.7 Å². The fourth-order valence-corrected chi connectivity index (χ4v) is 2.56. The summed E-state index contributed by atoms with van der Waals surface area (Å²) in [6.07, 6.45) is 4.07. The lowest BCUT2D eigenvalue weighted by molar-refractivity contribution is 0.588. The number of aromatic nitrogens is 1. The van der Waals surface area contributed by atoms with Gasteiger partial charge in [0, 0.05) is 23.6 Å². The molecule has 2 rings (SSSR count). The van der Waals surface area contributed by atoms with Crippen LogP contribution in [0.3, 0.4) is 0 Å². The van der Waals surface area contributed by atoms with Crippen LogP contribution in [-0.4, -0.2) is 4.98 Å². The van der Waals surface area contributed by atoms with Gasteiger partial charge in [-0.1, -0.05) is 20.8 Å². The van der Waals surface area contributed by atoms with Crippen molar-refractivity contribution in [2.45, 2.75) is 38.6 Å². The number of anilines is 1. The number of pyridine rings is 1. The number of nitrogens with one attached hydrogen (secondary N) is 1. The smallest absolute Gasteiger partial charge is 0.152 e. The number of benzene rings is 1. The molecule has 1 atom stereocenters. The third-order valence-electron chi connectivity index (χ3n) is 3.86. The Morgan fingerprint density at radius 1 is 1.27 bits per heavy atom. The van der Waals surface area contributed by atoms with E-state index in [0.717, 1.165) is 11.1 Å². The molecule has 1 aromatic heterocycles. The molecule has 0 spiro atoms. The summed E-state index contributed by atoms with van der Waals surface area (Å²) in [5, 5.41) is 13.1. The van der Waals surface area contributed by atoms with Gasteiger partial charge in [-0.25, -0.2) is 4.39 Å². The average molecular weight is 297 g/mol. The van der Waals surface area contributed by atoms with E-state index in [9.17, 15) is 9.65 Å². The minimum absolute atomic E-state index is 0.285. The van der Waals surface area contributed by atoms with Crippen molar-refractivity contribution in [2.75, 3.05) is 5.32 Å². The van der Waals surface area contributed by atoms with E-state index in [-0.39, 0.29) is 11.7 Å². The van der Waals surface area contributed by atoms with Gasteiger partial charge in [-0.05, 0) is 48.2 Å². The maximum atomic E-state index is 13.1. The third-order valence-corrected chi connectivity index (χ3v) is 3.86. The molecule has 0 amide bonds.